The quantitative estimate of drug-likeness (QED) is 0.409. The van der Waals surface area contributed by atoms with Gasteiger partial charge in [0.2, 0.25) is 0 Å². The van der Waals surface area contributed by atoms with Crippen molar-refractivity contribution in [3.63, 3.8) is 0 Å². The van der Waals surface area contributed by atoms with Gasteiger partial charge in [0.1, 0.15) is 0 Å². The molecule has 111 valence electrons. The second-order valence-corrected chi connectivity index (χ2v) is 5.29. The van der Waals surface area contributed by atoms with Crippen LogP contribution >= 0.6 is 0 Å². The molecular formula is C11H16N3O5Se. The van der Waals surface area contributed by atoms with Crippen molar-refractivity contribution < 1.29 is 20.1 Å². The third kappa shape index (κ3) is 2.79. The molecule has 1 aromatic heterocycles. The summed E-state index contributed by atoms with van der Waals surface area (Å²) in [6, 6.07) is 0. The van der Waals surface area contributed by atoms with Crippen molar-refractivity contribution in [2.45, 2.75) is 31.0 Å². The Morgan fingerprint density at radius 1 is 1.45 bits per heavy atom. The average molecular weight is 349 g/mol. The van der Waals surface area contributed by atoms with Crippen molar-refractivity contribution in [2.75, 3.05) is 13.2 Å². The molecule has 1 radical (unpaired) electrons. The Hall–Kier alpha value is -0.801. The number of hydrogen-bond acceptors (Lipinski definition) is 7. The molecule has 1 saturated heterocycles. The number of aliphatic hydroxyl groups is 3. The second-order valence-electron chi connectivity index (χ2n) is 4.53. The van der Waals surface area contributed by atoms with Gasteiger partial charge in [-0.25, -0.2) is 0 Å². The van der Waals surface area contributed by atoms with Crippen LogP contribution in [0.3, 0.4) is 0 Å². The first-order chi connectivity index (χ1) is 9.49. The summed E-state index contributed by atoms with van der Waals surface area (Å²) in [5, 5.41) is 28.8. The van der Waals surface area contributed by atoms with Gasteiger partial charge >= 0.3 is 122 Å². The molecule has 2 rings (SSSR count). The van der Waals surface area contributed by atoms with E-state index >= 15 is 0 Å². The Morgan fingerprint density at radius 3 is 2.70 bits per heavy atom. The number of aromatic nitrogens is 2. The van der Waals surface area contributed by atoms with Crippen LogP contribution in [0, 0.1) is 0 Å². The number of nitrogens with two attached hydrogens (primary N) is 1. The monoisotopic (exact) mass is 350 g/mol. The van der Waals surface area contributed by atoms with Crippen LogP contribution in [0.15, 0.2) is 11.0 Å². The van der Waals surface area contributed by atoms with Gasteiger partial charge in [0.05, 0.1) is 0 Å². The minimum atomic E-state index is -1.23. The maximum atomic E-state index is 11.7. The van der Waals surface area contributed by atoms with Gasteiger partial charge in [0, 0.05) is 0 Å². The SMILES string of the molecule is NCCc1cn([C@@H]2O[C@H](CO)[C@@H](O)[C@H]2O)c([Se])nc1=O. The van der Waals surface area contributed by atoms with E-state index < -0.39 is 36.7 Å². The zero-order chi connectivity index (χ0) is 14.9. The molecule has 8 nitrogen and oxygen atoms in total. The van der Waals surface area contributed by atoms with Crippen LogP contribution in [0.4, 0.5) is 0 Å². The molecule has 0 amide bonds. The summed E-state index contributed by atoms with van der Waals surface area (Å²) in [7, 11) is 0. The summed E-state index contributed by atoms with van der Waals surface area (Å²) in [5.41, 5.74) is 5.42. The third-order valence-corrected chi connectivity index (χ3v) is 3.83. The van der Waals surface area contributed by atoms with Crippen LogP contribution in [-0.4, -0.2) is 72.3 Å². The molecule has 0 unspecified atom stereocenters. The number of ether oxygens (including phenoxy) is 1. The van der Waals surface area contributed by atoms with E-state index in [2.05, 4.69) is 21.0 Å². The fourth-order valence-electron chi connectivity index (χ4n) is 2.11. The first kappa shape index (κ1) is 15.6. The number of aliphatic hydroxyl groups excluding tert-OH is 3. The van der Waals surface area contributed by atoms with Gasteiger partial charge in [0.25, 0.3) is 0 Å². The summed E-state index contributed by atoms with van der Waals surface area (Å²) < 4.78 is 7.05. The Balaban J connectivity index is 2.37. The summed E-state index contributed by atoms with van der Waals surface area (Å²) in [6.45, 7) is -0.125. The van der Waals surface area contributed by atoms with E-state index in [4.69, 9.17) is 15.6 Å². The van der Waals surface area contributed by atoms with Crippen LogP contribution in [0.25, 0.3) is 0 Å². The van der Waals surface area contributed by atoms with E-state index in [0.29, 0.717) is 18.5 Å². The maximum absolute atomic E-state index is 11.7. The Labute approximate surface area is 123 Å². The van der Waals surface area contributed by atoms with Crippen LogP contribution in [0.1, 0.15) is 11.8 Å². The number of rotatable bonds is 4. The van der Waals surface area contributed by atoms with Crippen LogP contribution in [0.5, 0.6) is 0 Å². The summed E-state index contributed by atoms with van der Waals surface area (Å²) in [5.74, 6) is 0. The number of hydrogen-bond donors (Lipinski definition) is 4. The Kier molecular flexibility index (Phi) is 4.92. The molecule has 4 atom stereocenters. The summed E-state index contributed by atoms with van der Waals surface area (Å²) in [4.78, 5) is 15.5. The molecule has 0 aliphatic carbocycles. The van der Waals surface area contributed by atoms with Crippen LogP contribution in [0.2, 0.25) is 0 Å². The molecule has 1 aromatic rings. The molecule has 0 spiro atoms. The molecule has 0 saturated carbocycles. The van der Waals surface area contributed by atoms with E-state index in [0.717, 1.165) is 0 Å². The number of nitrogens with zero attached hydrogens (tertiary/aromatic N) is 2. The van der Waals surface area contributed by atoms with E-state index in [1.807, 2.05) is 0 Å². The fraction of sp³-hybridized carbons (Fsp3) is 0.636. The van der Waals surface area contributed by atoms with E-state index in [9.17, 15) is 15.0 Å². The predicted molar refractivity (Wildman–Crippen MR) is 69.7 cm³/mol. The Bertz CT molecular complexity index is 537. The van der Waals surface area contributed by atoms with E-state index in [1.165, 1.54) is 10.8 Å². The molecule has 1 aliphatic rings. The van der Waals surface area contributed by atoms with E-state index in [1.54, 1.807) is 0 Å². The summed E-state index contributed by atoms with van der Waals surface area (Å²) in [6.07, 6.45) is -2.40. The standard InChI is InChI=1S/C11H16N3O5Se/c12-2-1-5-3-14(11(20)13-9(5)18)10-8(17)7(16)6(4-15)19-10/h3,6-8,10,15-17H,1-2,4,12H2/t6-,7-,8-,10-/m1/s1. The topological polar surface area (TPSA) is 131 Å². The zero-order valence-electron chi connectivity index (χ0n) is 10.5. The van der Waals surface area contributed by atoms with Gasteiger partial charge in [-0.1, -0.05) is 0 Å². The first-order valence-corrected chi connectivity index (χ1v) is 6.96. The molecule has 0 aromatic carbocycles. The normalized spacial score (nSPS) is 29.8. The van der Waals surface area contributed by atoms with Crippen molar-refractivity contribution in [3.8, 4) is 0 Å². The van der Waals surface area contributed by atoms with Gasteiger partial charge in [-0.2, -0.15) is 0 Å². The van der Waals surface area contributed by atoms with Crippen LogP contribution in [-0.2, 0) is 11.2 Å². The molecule has 20 heavy (non-hydrogen) atoms. The van der Waals surface area contributed by atoms with E-state index in [-0.39, 0.29) is 4.72 Å². The van der Waals surface area contributed by atoms with Crippen molar-refractivity contribution in [1.82, 2.24) is 9.55 Å². The molecule has 2 heterocycles. The first-order valence-electron chi connectivity index (χ1n) is 6.11. The predicted octanol–water partition coefficient (Wildman–Crippen LogP) is -3.85. The Morgan fingerprint density at radius 2 is 2.15 bits per heavy atom. The molecule has 9 heteroatoms. The fourth-order valence-corrected chi connectivity index (χ4v) is 2.62. The molecule has 5 N–H and O–H groups in total. The van der Waals surface area contributed by atoms with Crippen molar-refractivity contribution >= 4 is 20.7 Å². The van der Waals surface area contributed by atoms with Gasteiger partial charge in [-0.15, -0.1) is 0 Å². The van der Waals surface area contributed by atoms with Gasteiger partial charge in [0.15, 0.2) is 0 Å². The van der Waals surface area contributed by atoms with Crippen LogP contribution < -0.4 is 16.0 Å². The van der Waals surface area contributed by atoms with Gasteiger partial charge < -0.3 is 0 Å². The summed E-state index contributed by atoms with van der Waals surface area (Å²) >= 11 is 2.61. The third-order valence-electron chi connectivity index (χ3n) is 3.19. The van der Waals surface area contributed by atoms with Gasteiger partial charge in [-0.3, -0.25) is 0 Å². The average Bonchev–Trinajstić information content (AvgIpc) is 2.70. The van der Waals surface area contributed by atoms with Crippen molar-refractivity contribution in [3.05, 3.63) is 22.1 Å². The second kappa shape index (κ2) is 6.31. The molecule has 0 bridgehead atoms. The minimum absolute atomic E-state index is 0.227. The zero-order valence-corrected chi connectivity index (χ0v) is 12.3. The van der Waals surface area contributed by atoms with Gasteiger partial charge in [-0.05, 0) is 0 Å². The van der Waals surface area contributed by atoms with Crippen molar-refractivity contribution in [1.29, 1.82) is 0 Å². The molecule has 1 aliphatic heterocycles. The molecular weight excluding hydrogens is 333 g/mol. The van der Waals surface area contributed by atoms with Crippen molar-refractivity contribution in [2.24, 2.45) is 5.73 Å². The molecule has 1 fully saturated rings.